The van der Waals surface area contributed by atoms with E-state index in [4.69, 9.17) is 14.6 Å². The minimum atomic E-state index is -0.897. The van der Waals surface area contributed by atoms with E-state index >= 15 is 0 Å². The fraction of sp³-hybridized carbons (Fsp3) is 0.462. The summed E-state index contributed by atoms with van der Waals surface area (Å²) in [5, 5.41) is 8.89. The third-order valence-corrected chi connectivity index (χ3v) is 2.82. The van der Waals surface area contributed by atoms with E-state index in [1.54, 1.807) is 0 Å². The second-order valence-electron chi connectivity index (χ2n) is 4.22. The third-order valence-electron chi connectivity index (χ3n) is 2.82. The first-order valence-corrected chi connectivity index (χ1v) is 5.97. The van der Waals surface area contributed by atoms with Crippen molar-refractivity contribution in [2.24, 2.45) is 0 Å². The molecule has 2 rings (SSSR count). The molecule has 1 saturated heterocycles. The molecule has 1 aliphatic heterocycles. The number of carboxylic acid groups (broad SMARTS) is 1. The van der Waals surface area contributed by atoms with Gasteiger partial charge in [-0.15, -0.1) is 0 Å². The van der Waals surface area contributed by atoms with E-state index < -0.39 is 6.09 Å². The van der Waals surface area contributed by atoms with E-state index in [2.05, 4.69) is 0 Å². The average Bonchev–Trinajstić information content (AvgIpc) is 2.40. The second-order valence-corrected chi connectivity index (χ2v) is 4.22. The van der Waals surface area contributed by atoms with E-state index in [1.807, 2.05) is 30.3 Å². The number of benzene rings is 1. The summed E-state index contributed by atoms with van der Waals surface area (Å²) in [4.78, 5) is 12.2. The van der Waals surface area contributed by atoms with Crippen LogP contribution in [0.1, 0.15) is 5.56 Å². The van der Waals surface area contributed by atoms with Crippen LogP contribution in [-0.2, 0) is 16.1 Å². The normalized spacial score (nSPS) is 19.8. The number of nitrogens with zero attached hydrogens (tertiary/aromatic N) is 1. The van der Waals surface area contributed by atoms with Crippen molar-refractivity contribution in [2.45, 2.75) is 12.7 Å². The molecular formula is C13H17NO4. The maximum absolute atomic E-state index is 10.8. The van der Waals surface area contributed by atoms with E-state index in [0.717, 1.165) is 5.56 Å². The lowest BCUT2D eigenvalue weighted by atomic mass is 10.2. The Morgan fingerprint density at radius 2 is 2.22 bits per heavy atom. The van der Waals surface area contributed by atoms with Crippen molar-refractivity contribution in [1.29, 1.82) is 0 Å². The average molecular weight is 251 g/mol. The van der Waals surface area contributed by atoms with Gasteiger partial charge in [0.15, 0.2) is 0 Å². The molecule has 0 aliphatic carbocycles. The van der Waals surface area contributed by atoms with Gasteiger partial charge in [-0.3, -0.25) is 0 Å². The zero-order valence-corrected chi connectivity index (χ0v) is 10.1. The Balaban J connectivity index is 1.72. The van der Waals surface area contributed by atoms with Gasteiger partial charge in [0.2, 0.25) is 0 Å². The van der Waals surface area contributed by atoms with Crippen molar-refractivity contribution in [3.8, 4) is 0 Å². The van der Waals surface area contributed by atoms with Crippen molar-refractivity contribution >= 4 is 6.09 Å². The van der Waals surface area contributed by atoms with Crippen LogP contribution in [-0.4, -0.2) is 48.5 Å². The predicted octanol–water partition coefficient (Wildman–Crippen LogP) is 1.58. The molecule has 0 saturated carbocycles. The number of ether oxygens (including phenoxy) is 2. The number of carbonyl (C=O) groups is 1. The van der Waals surface area contributed by atoms with Crippen LogP contribution in [0.3, 0.4) is 0 Å². The van der Waals surface area contributed by atoms with E-state index in [-0.39, 0.29) is 6.10 Å². The van der Waals surface area contributed by atoms with E-state index in [1.165, 1.54) is 4.90 Å². The first-order chi connectivity index (χ1) is 8.75. The number of hydrogen-bond acceptors (Lipinski definition) is 3. The molecule has 5 nitrogen and oxygen atoms in total. The zero-order chi connectivity index (χ0) is 12.8. The molecule has 1 aliphatic rings. The topological polar surface area (TPSA) is 59.0 Å². The lowest BCUT2D eigenvalue weighted by Crippen LogP contribution is -2.46. The van der Waals surface area contributed by atoms with Gasteiger partial charge in [-0.25, -0.2) is 4.79 Å². The van der Waals surface area contributed by atoms with Gasteiger partial charge in [-0.2, -0.15) is 0 Å². The Bertz CT molecular complexity index is 382. The summed E-state index contributed by atoms with van der Waals surface area (Å²) >= 11 is 0. The maximum Gasteiger partial charge on any atom is 0.407 e. The standard InChI is InChI=1S/C13H17NO4/c15-13(16)14-6-7-18-12(8-14)10-17-9-11-4-2-1-3-5-11/h1-5,12H,6-10H2,(H,15,16). The van der Waals surface area contributed by atoms with Crippen LogP contribution in [0.15, 0.2) is 30.3 Å². The fourth-order valence-electron chi connectivity index (χ4n) is 1.88. The Morgan fingerprint density at radius 3 is 2.94 bits per heavy atom. The van der Waals surface area contributed by atoms with Crippen LogP contribution in [0.5, 0.6) is 0 Å². The van der Waals surface area contributed by atoms with E-state index in [0.29, 0.717) is 32.9 Å². The minimum Gasteiger partial charge on any atom is -0.465 e. The van der Waals surface area contributed by atoms with Gasteiger partial charge in [0.1, 0.15) is 0 Å². The molecule has 1 aromatic carbocycles. The van der Waals surface area contributed by atoms with E-state index in [9.17, 15) is 4.79 Å². The van der Waals surface area contributed by atoms with Crippen LogP contribution in [0.4, 0.5) is 4.79 Å². The predicted molar refractivity (Wildman–Crippen MR) is 65.4 cm³/mol. The summed E-state index contributed by atoms with van der Waals surface area (Å²) in [6.07, 6.45) is -1.06. The van der Waals surface area contributed by atoms with Crippen LogP contribution in [0, 0.1) is 0 Å². The smallest absolute Gasteiger partial charge is 0.407 e. The van der Waals surface area contributed by atoms with Crippen molar-refractivity contribution < 1.29 is 19.4 Å². The largest absolute Gasteiger partial charge is 0.465 e. The molecular weight excluding hydrogens is 234 g/mol. The summed E-state index contributed by atoms with van der Waals surface area (Å²) in [6, 6.07) is 9.86. The highest BCUT2D eigenvalue weighted by molar-refractivity contribution is 5.65. The molecule has 0 bridgehead atoms. The van der Waals surface area contributed by atoms with Crippen molar-refractivity contribution in [3.05, 3.63) is 35.9 Å². The molecule has 98 valence electrons. The highest BCUT2D eigenvalue weighted by atomic mass is 16.5. The zero-order valence-electron chi connectivity index (χ0n) is 10.1. The number of hydrogen-bond donors (Lipinski definition) is 1. The molecule has 1 atom stereocenters. The molecule has 1 amide bonds. The summed E-state index contributed by atoms with van der Waals surface area (Å²) in [5.74, 6) is 0. The van der Waals surface area contributed by atoms with Crippen LogP contribution >= 0.6 is 0 Å². The molecule has 1 fully saturated rings. The first-order valence-electron chi connectivity index (χ1n) is 5.97. The van der Waals surface area contributed by atoms with Gasteiger partial charge in [0.25, 0.3) is 0 Å². The molecule has 1 N–H and O–H groups in total. The summed E-state index contributed by atoms with van der Waals surface area (Å²) in [5.41, 5.74) is 1.10. The summed E-state index contributed by atoms with van der Waals surface area (Å²) in [7, 11) is 0. The molecule has 1 heterocycles. The molecule has 0 aromatic heterocycles. The van der Waals surface area contributed by atoms with Crippen molar-refractivity contribution in [2.75, 3.05) is 26.3 Å². The Labute approximate surface area is 106 Å². The maximum atomic E-state index is 10.8. The SMILES string of the molecule is O=C(O)N1CCOC(COCc2ccccc2)C1. The third kappa shape index (κ3) is 3.72. The van der Waals surface area contributed by atoms with Crippen molar-refractivity contribution in [1.82, 2.24) is 4.90 Å². The Hall–Kier alpha value is -1.59. The van der Waals surface area contributed by atoms with Gasteiger partial charge < -0.3 is 19.5 Å². The second kappa shape index (κ2) is 6.37. The van der Waals surface area contributed by atoms with Gasteiger partial charge in [0, 0.05) is 6.54 Å². The highest BCUT2D eigenvalue weighted by Crippen LogP contribution is 2.07. The minimum absolute atomic E-state index is 0.168. The molecule has 0 radical (unpaired) electrons. The highest BCUT2D eigenvalue weighted by Gasteiger charge is 2.23. The Morgan fingerprint density at radius 1 is 1.44 bits per heavy atom. The lowest BCUT2D eigenvalue weighted by molar-refractivity contribution is -0.0660. The number of morpholine rings is 1. The van der Waals surface area contributed by atoms with Gasteiger partial charge in [-0.1, -0.05) is 30.3 Å². The lowest BCUT2D eigenvalue weighted by Gasteiger charge is -2.30. The quantitative estimate of drug-likeness (QED) is 0.882. The molecule has 1 aromatic rings. The van der Waals surface area contributed by atoms with Gasteiger partial charge >= 0.3 is 6.09 Å². The van der Waals surface area contributed by atoms with Gasteiger partial charge in [-0.05, 0) is 5.56 Å². The number of amides is 1. The molecule has 5 heteroatoms. The van der Waals surface area contributed by atoms with Crippen LogP contribution < -0.4 is 0 Å². The van der Waals surface area contributed by atoms with Crippen molar-refractivity contribution in [3.63, 3.8) is 0 Å². The monoisotopic (exact) mass is 251 g/mol. The number of rotatable bonds is 4. The Kier molecular flexibility index (Phi) is 4.55. The fourth-order valence-corrected chi connectivity index (χ4v) is 1.88. The van der Waals surface area contributed by atoms with Crippen LogP contribution in [0.2, 0.25) is 0 Å². The molecule has 18 heavy (non-hydrogen) atoms. The summed E-state index contributed by atoms with van der Waals surface area (Å²) < 4.78 is 11.0. The summed E-state index contributed by atoms with van der Waals surface area (Å²) in [6.45, 7) is 2.19. The first kappa shape index (κ1) is 12.9. The van der Waals surface area contributed by atoms with Crippen LogP contribution in [0.25, 0.3) is 0 Å². The molecule has 0 spiro atoms. The molecule has 1 unspecified atom stereocenters. The van der Waals surface area contributed by atoms with Gasteiger partial charge in [0.05, 0.1) is 32.5 Å².